The molecule has 0 unspecified atom stereocenters. The molecular formula is C17H24N2. The molecule has 0 fully saturated rings. The second-order valence-electron chi connectivity index (χ2n) is 5.99. The lowest BCUT2D eigenvalue weighted by molar-refractivity contribution is 0.532. The van der Waals surface area contributed by atoms with Crippen molar-refractivity contribution in [2.75, 3.05) is 0 Å². The van der Waals surface area contributed by atoms with Gasteiger partial charge in [-0.3, -0.25) is 4.68 Å². The quantitative estimate of drug-likeness (QED) is 0.766. The normalized spacial score (nSPS) is 11.6. The zero-order valence-electron chi connectivity index (χ0n) is 12.9. The third kappa shape index (κ3) is 2.73. The van der Waals surface area contributed by atoms with Crippen molar-refractivity contribution in [3.63, 3.8) is 0 Å². The van der Waals surface area contributed by atoms with Crippen LogP contribution < -0.4 is 0 Å². The Bertz CT molecular complexity index is 554. The molecule has 1 aromatic carbocycles. The van der Waals surface area contributed by atoms with Gasteiger partial charge in [0.05, 0.1) is 6.20 Å². The van der Waals surface area contributed by atoms with Gasteiger partial charge in [0, 0.05) is 17.8 Å². The average molecular weight is 256 g/mol. The summed E-state index contributed by atoms with van der Waals surface area (Å²) < 4.78 is 2.02. The Balaban J connectivity index is 2.50. The van der Waals surface area contributed by atoms with E-state index in [0.29, 0.717) is 12.0 Å². The van der Waals surface area contributed by atoms with E-state index in [-0.39, 0.29) is 0 Å². The number of benzene rings is 1. The summed E-state index contributed by atoms with van der Waals surface area (Å²) in [5.41, 5.74) is 6.64. The fraction of sp³-hybridized carbons (Fsp3) is 0.471. The minimum absolute atomic E-state index is 0.407. The lowest BCUT2D eigenvalue weighted by Gasteiger charge is -2.13. The molecule has 0 bridgehead atoms. The summed E-state index contributed by atoms with van der Waals surface area (Å²) in [6, 6.07) is 5.02. The van der Waals surface area contributed by atoms with Crippen LogP contribution in [0.3, 0.4) is 0 Å². The second-order valence-corrected chi connectivity index (χ2v) is 5.99. The van der Waals surface area contributed by atoms with E-state index in [1.165, 1.54) is 27.8 Å². The van der Waals surface area contributed by atoms with Gasteiger partial charge in [-0.1, -0.05) is 26.0 Å². The smallest absolute Gasteiger partial charge is 0.0568 e. The standard InChI is InChI=1S/C17H24N2/c1-11(2)15-7-13(5)17(14(6)8-15)16-9-18-19(10-16)12(3)4/h7-12H,1-6H3. The molecule has 2 rings (SSSR count). The van der Waals surface area contributed by atoms with Crippen molar-refractivity contribution in [1.82, 2.24) is 9.78 Å². The van der Waals surface area contributed by atoms with E-state index < -0.39 is 0 Å². The van der Waals surface area contributed by atoms with Crippen LogP contribution in [0, 0.1) is 13.8 Å². The van der Waals surface area contributed by atoms with E-state index in [4.69, 9.17) is 0 Å². The van der Waals surface area contributed by atoms with Crippen molar-refractivity contribution < 1.29 is 0 Å². The van der Waals surface area contributed by atoms with E-state index in [1.807, 2.05) is 10.9 Å². The third-order valence-corrected chi connectivity index (χ3v) is 3.64. The molecule has 0 spiro atoms. The summed E-state index contributed by atoms with van der Waals surface area (Å²) in [7, 11) is 0. The van der Waals surface area contributed by atoms with Gasteiger partial charge in [0.15, 0.2) is 0 Å². The molecule has 102 valence electrons. The van der Waals surface area contributed by atoms with Crippen LogP contribution in [0.15, 0.2) is 24.5 Å². The molecule has 0 aliphatic rings. The van der Waals surface area contributed by atoms with E-state index in [9.17, 15) is 0 Å². The molecular weight excluding hydrogens is 232 g/mol. The number of aryl methyl sites for hydroxylation is 2. The molecule has 0 amide bonds. The zero-order chi connectivity index (χ0) is 14.2. The first-order valence-corrected chi connectivity index (χ1v) is 7.05. The van der Waals surface area contributed by atoms with Crippen LogP contribution in [0.25, 0.3) is 11.1 Å². The van der Waals surface area contributed by atoms with Crippen LogP contribution in [-0.2, 0) is 0 Å². The third-order valence-electron chi connectivity index (χ3n) is 3.64. The molecule has 0 saturated carbocycles. The Morgan fingerprint density at radius 3 is 2.00 bits per heavy atom. The summed E-state index contributed by atoms with van der Waals surface area (Å²) in [4.78, 5) is 0. The summed E-state index contributed by atoms with van der Waals surface area (Å²) in [5, 5.41) is 4.45. The number of hydrogen-bond donors (Lipinski definition) is 0. The molecule has 0 saturated heterocycles. The maximum atomic E-state index is 4.45. The van der Waals surface area contributed by atoms with Crippen molar-refractivity contribution in [2.45, 2.75) is 53.5 Å². The Morgan fingerprint density at radius 2 is 1.58 bits per heavy atom. The van der Waals surface area contributed by atoms with Gasteiger partial charge >= 0.3 is 0 Å². The van der Waals surface area contributed by atoms with Crippen LogP contribution in [0.5, 0.6) is 0 Å². The number of rotatable bonds is 3. The first-order chi connectivity index (χ1) is 8.90. The SMILES string of the molecule is Cc1cc(C(C)C)cc(C)c1-c1cnn(C(C)C)c1. The highest BCUT2D eigenvalue weighted by Crippen LogP contribution is 2.30. The lowest BCUT2D eigenvalue weighted by atomic mass is 9.91. The minimum atomic E-state index is 0.407. The largest absolute Gasteiger partial charge is 0.270 e. The van der Waals surface area contributed by atoms with Gasteiger partial charge in [0.25, 0.3) is 0 Å². The minimum Gasteiger partial charge on any atom is -0.270 e. The molecule has 19 heavy (non-hydrogen) atoms. The Morgan fingerprint density at radius 1 is 1.00 bits per heavy atom. The van der Waals surface area contributed by atoms with Gasteiger partial charge in [-0.15, -0.1) is 0 Å². The number of nitrogens with zero attached hydrogens (tertiary/aromatic N) is 2. The summed E-state index contributed by atoms with van der Waals surface area (Å²) in [6.07, 6.45) is 4.12. The topological polar surface area (TPSA) is 17.8 Å². The molecule has 1 heterocycles. The van der Waals surface area contributed by atoms with Crippen LogP contribution in [0.1, 0.15) is 56.3 Å². The molecule has 2 aromatic rings. The van der Waals surface area contributed by atoms with E-state index in [1.54, 1.807) is 0 Å². The highest BCUT2D eigenvalue weighted by molar-refractivity contribution is 5.70. The molecule has 0 aliphatic heterocycles. The summed E-state index contributed by atoms with van der Waals surface area (Å²) in [6.45, 7) is 13.2. The van der Waals surface area contributed by atoms with Gasteiger partial charge < -0.3 is 0 Å². The van der Waals surface area contributed by atoms with Gasteiger partial charge in [-0.2, -0.15) is 5.10 Å². The van der Waals surface area contributed by atoms with Gasteiger partial charge in [-0.25, -0.2) is 0 Å². The monoisotopic (exact) mass is 256 g/mol. The molecule has 0 N–H and O–H groups in total. The fourth-order valence-electron chi connectivity index (χ4n) is 2.54. The summed E-state index contributed by atoms with van der Waals surface area (Å²) in [5.74, 6) is 0.574. The van der Waals surface area contributed by atoms with E-state index in [0.717, 1.165) is 0 Å². The molecule has 0 aliphatic carbocycles. The predicted octanol–water partition coefficient (Wildman–Crippen LogP) is 4.87. The van der Waals surface area contributed by atoms with Crippen molar-refractivity contribution >= 4 is 0 Å². The second kappa shape index (κ2) is 5.20. The van der Waals surface area contributed by atoms with Crippen LogP contribution in [-0.4, -0.2) is 9.78 Å². The highest BCUT2D eigenvalue weighted by Gasteiger charge is 2.11. The van der Waals surface area contributed by atoms with Crippen LogP contribution in [0.2, 0.25) is 0 Å². The number of aromatic nitrogens is 2. The Labute approximate surface area is 116 Å². The molecule has 2 heteroatoms. The highest BCUT2D eigenvalue weighted by atomic mass is 15.3. The lowest BCUT2D eigenvalue weighted by Crippen LogP contribution is -1.99. The first-order valence-electron chi connectivity index (χ1n) is 7.05. The van der Waals surface area contributed by atoms with Crippen molar-refractivity contribution in [2.24, 2.45) is 0 Å². The zero-order valence-corrected chi connectivity index (χ0v) is 12.9. The average Bonchev–Trinajstić information content (AvgIpc) is 2.77. The molecule has 0 radical (unpaired) electrons. The van der Waals surface area contributed by atoms with Crippen LogP contribution >= 0.6 is 0 Å². The van der Waals surface area contributed by atoms with E-state index >= 15 is 0 Å². The first kappa shape index (κ1) is 13.9. The van der Waals surface area contributed by atoms with Crippen molar-refractivity contribution in [1.29, 1.82) is 0 Å². The molecule has 1 aromatic heterocycles. The maximum Gasteiger partial charge on any atom is 0.0568 e. The predicted molar refractivity (Wildman–Crippen MR) is 81.6 cm³/mol. The van der Waals surface area contributed by atoms with Crippen molar-refractivity contribution in [3.05, 3.63) is 41.2 Å². The van der Waals surface area contributed by atoms with Gasteiger partial charge in [0.1, 0.15) is 0 Å². The van der Waals surface area contributed by atoms with Gasteiger partial charge in [-0.05, 0) is 55.9 Å². The fourth-order valence-corrected chi connectivity index (χ4v) is 2.54. The van der Waals surface area contributed by atoms with Crippen molar-refractivity contribution in [3.8, 4) is 11.1 Å². The maximum absolute atomic E-state index is 4.45. The number of hydrogen-bond acceptors (Lipinski definition) is 1. The van der Waals surface area contributed by atoms with Gasteiger partial charge in [0.2, 0.25) is 0 Å². The Kier molecular flexibility index (Phi) is 3.79. The molecule has 2 nitrogen and oxygen atoms in total. The molecule has 0 atom stereocenters. The van der Waals surface area contributed by atoms with Crippen LogP contribution in [0.4, 0.5) is 0 Å². The van der Waals surface area contributed by atoms with E-state index in [2.05, 4.69) is 65.0 Å². The Hall–Kier alpha value is -1.57. The summed E-state index contributed by atoms with van der Waals surface area (Å²) >= 11 is 0.